The van der Waals surface area contributed by atoms with E-state index < -0.39 is 192 Å². The van der Waals surface area contributed by atoms with E-state index >= 15 is 0 Å². The van der Waals surface area contributed by atoms with Crippen LogP contribution in [0.25, 0.3) is 0 Å². The number of carboxylic acids is 1. The van der Waals surface area contributed by atoms with Crippen LogP contribution in [0.3, 0.4) is 0 Å². The Labute approximate surface area is 585 Å². The van der Waals surface area contributed by atoms with Crippen molar-refractivity contribution in [1.82, 2.24) is 10.6 Å². The lowest BCUT2D eigenvalue weighted by molar-refractivity contribution is -0.404. The van der Waals surface area contributed by atoms with E-state index in [-0.39, 0.29) is 12.3 Å². The summed E-state index contributed by atoms with van der Waals surface area (Å²) in [7, 11) is 0. The molecule has 28 nitrogen and oxygen atoms in total. The Hall–Kier alpha value is -2.99. The summed E-state index contributed by atoms with van der Waals surface area (Å²) in [5.74, 6) is -6.53. The fraction of sp³-hybridized carbons (Fsp3) is 0.901. The van der Waals surface area contributed by atoms with E-state index in [1.54, 1.807) is 6.08 Å². The van der Waals surface area contributed by atoms with E-state index in [1.165, 1.54) is 128 Å². The molecule has 4 saturated heterocycles. The number of carbonyl (C=O) groups excluding carboxylic acids is 2. The summed E-state index contributed by atoms with van der Waals surface area (Å²) in [6, 6.07) is -2.78. The first-order chi connectivity index (χ1) is 47.6. The number of unbranched alkanes of at least 4 members (excludes halogenated alkanes) is 28. The second-order valence-corrected chi connectivity index (χ2v) is 27.5. The van der Waals surface area contributed by atoms with Crippen molar-refractivity contribution < 1.29 is 129 Å². The van der Waals surface area contributed by atoms with Crippen molar-refractivity contribution in [1.29, 1.82) is 0 Å². The molecule has 2 amide bonds. The lowest BCUT2D eigenvalue weighted by atomic mass is 9.88. The monoisotopic (exact) mass is 1420 g/mol. The number of hydrogen-bond donors (Lipinski definition) is 17. The topological polar surface area (TPSA) is 453 Å². The SMILES string of the molecule is CCCCCCCC/C=C\CCCCCCCCCCCCCC(=O)N[C@@H](CO[C@@H]1OC(CO)[C@@H](O[C@@H]2OC(CO)[C@H](O[C@@H]3OC(CO)[C@H](O)[C@H](O)C3O)[C@H](O[C@]3(C(=O)O)CC(O)[C@@H](NC(C)=O)C([C@H](O)[C@H](O)CO)O3)C2O)[C@H](O)C1O)[C@H](O)/C=C/CCCCCCCCCCCCC. The van der Waals surface area contributed by atoms with Crippen molar-refractivity contribution in [2.24, 2.45) is 0 Å². The molecular formula is C71H128N2O26. The van der Waals surface area contributed by atoms with E-state index in [0.29, 0.717) is 12.8 Å². The zero-order chi connectivity index (χ0) is 72.7. The minimum atomic E-state index is -3.27. The molecule has 0 saturated carbocycles. The van der Waals surface area contributed by atoms with Crippen LogP contribution in [0, 0.1) is 0 Å². The average Bonchev–Trinajstić information content (AvgIpc) is 0.752. The summed E-state index contributed by atoms with van der Waals surface area (Å²) in [4.78, 5) is 39.3. The zero-order valence-corrected chi connectivity index (χ0v) is 59.1. The van der Waals surface area contributed by atoms with Gasteiger partial charge < -0.3 is 125 Å². The van der Waals surface area contributed by atoms with E-state index in [1.807, 2.05) is 6.08 Å². The van der Waals surface area contributed by atoms with Crippen LogP contribution in [0.2, 0.25) is 0 Å². The predicted molar refractivity (Wildman–Crippen MR) is 362 cm³/mol. The maximum absolute atomic E-state index is 13.6. The molecule has 99 heavy (non-hydrogen) atoms. The van der Waals surface area contributed by atoms with Gasteiger partial charge in [0.2, 0.25) is 11.8 Å². The number of allylic oxidation sites excluding steroid dienone is 3. The van der Waals surface area contributed by atoms with E-state index in [0.717, 1.165) is 64.7 Å². The van der Waals surface area contributed by atoms with Crippen LogP contribution in [0.5, 0.6) is 0 Å². The number of hydrogen-bond acceptors (Lipinski definition) is 25. The first-order valence-electron chi connectivity index (χ1n) is 37.2. The van der Waals surface area contributed by atoms with Gasteiger partial charge in [0.15, 0.2) is 18.9 Å². The normalized spacial score (nSPS) is 31.9. The second kappa shape index (κ2) is 49.7. The lowest BCUT2D eigenvalue weighted by Crippen LogP contribution is -2.71. The molecule has 0 aliphatic carbocycles. The maximum atomic E-state index is 13.6. The number of rotatable bonds is 53. The molecule has 0 aromatic rings. The highest BCUT2D eigenvalue weighted by Gasteiger charge is 2.61. The predicted octanol–water partition coefficient (Wildman–Crippen LogP) is 3.11. The molecule has 578 valence electrons. The fourth-order valence-corrected chi connectivity index (χ4v) is 13.2. The van der Waals surface area contributed by atoms with Crippen LogP contribution in [-0.4, -0.2) is 268 Å². The molecule has 23 atom stereocenters. The van der Waals surface area contributed by atoms with Crippen LogP contribution < -0.4 is 10.6 Å². The van der Waals surface area contributed by atoms with Gasteiger partial charge in [0.25, 0.3) is 5.79 Å². The number of aliphatic hydroxyl groups excluding tert-OH is 14. The molecule has 0 spiro atoms. The Kier molecular flexibility index (Phi) is 44.4. The van der Waals surface area contributed by atoms with Crippen molar-refractivity contribution in [3.63, 3.8) is 0 Å². The minimum absolute atomic E-state index is 0.162. The van der Waals surface area contributed by atoms with Gasteiger partial charge in [-0.2, -0.15) is 0 Å². The molecule has 4 aliphatic rings. The minimum Gasteiger partial charge on any atom is -0.477 e. The molecule has 8 unspecified atom stereocenters. The first-order valence-corrected chi connectivity index (χ1v) is 37.2. The number of ether oxygens (including phenoxy) is 8. The third-order valence-corrected chi connectivity index (χ3v) is 19.2. The Morgan fingerprint density at radius 3 is 1.46 bits per heavy atom. The number of amides is 2. The average molecular weight is 1430 g/mol. The Morgan fingerprint density at radius 2 is 0.970 bits per heavy atom. The molecule has 0 radical (unpaired) electrons. The molecule has 4 aliphatic heterocycles. The maximum Gasteiger partial charge on any atom is 0.364 e. The number of aliphatic carboxylic acids is 1. The summed E-state index contributed by atoms with van der Waals surface area (Å²) in [5.41, 5.74) is 0. The van der Waals surface area contributed by atoms with Crippen LogP contribution >= 0.6 is 0 Å². The number of nitrogens with one attached hydrogen (secondary N) is 2. The molecule has 0 aromatic carbocycles. The Balaban J connectivity index is 1.45. The largest absolute Gasteiger partial charge is 0.477 e. The van der Waals surface area contributed by atoms with Crippen molar-refractivity contribution in [3.05, 3.63) is 24.3 Å². The van der Waals surface area contributed by atoms with Gasteiger partial charge in [-0.25, -0.2) is 4.79 Å². The molecule has 4 fully saturated rings. The van der Waals surface area contributed by atoms with Crippen molar-refractivity contribution in [2.75, 3.05) is 33.0 Å². The lowest BCUT2D eigenvalue weighted by Gasteiger charge is -2.52. The van der Waals surface area contributed by atoms with Gasteiger partial charge >= 0.3 is 5.97 Å². The molecule has 28 heteroatoms. The van der Waals surface area contributed by atoms with Crippen molar-refractivity contribution >= 4 is 17.8 Å². The van der Waals surface area contributed by atoms with Crippen molar-refractivity contribution in [2.45, 2.75) is 373 Å². The molecule has 0 aromatic heterocycles. The van der Waals surface area contributed by atoms with Gasteiger partial charge in [0.1, 0.15) is 91.6 Å². The molecule has 0 bridgehead atoms. The van der Waals surface area contributed by atoms with Crippen LogP contribution in [0.1, 0.15) is 233 Å². The summed E-state index contributed by atoms with van der Waals surface area (Å²) >= 11 is 0. The van der Waals surface area contributed by atoms with E-state index in [9.17, 15) is 91.0 Å². The molecule has 4 rings (SSSR count). The molecule has 17 N–H and O–H groups in total. The Bertz CT molecular complexity index is 2210. The van der Waals surface area contributed by atoms with E-state index in [4.69, 9.17) is 37.9 Å². The van der Waals surface area contributed by atoms with Gasteiger partial charge in [-0.3, -0.25) is 9.59 Å². The Morgan fingerprint density at radius 1 is 0.525 bits per heavy atom. The highest BCUT2D eigenvalue weighted by Crippen LogP contribution is 2.40. The van der Waals surface area contributed by atoms with Gasteiger partial charge in [-0.05, 0) is 44.9 Å². The first kappa shape index (κ1) is 88.4. The van der Waals surface area contributed by atoms with Gasteiger partial charge in [0, 0.05) is 19.8 Å². The number of aliphatic hydroxyl groups is 14. The summed E-state index contributed by atoms with van der Waals surface area (Å²) < 4.78 is 47.2. The van der Waals surface area contributed by atoms with Crippen LogP contribution in [-0.2, 0) is 52.3 Å². The summed E-state index contributed by atoms with van der Waals surface area (Å²) in [5, 5.41) is 170. The third kappa shape index (κ3) is 30.2. The van der Waals surface area contributed by atoms with Gasteiger partial charge in [-0.15, -0.1) is 0 Å². The van der Waals surface area contributed by atoms with Crippen LogP contribution in [0.4, 0.5) is 0 Å². The third-order valence-electron chi connectivity index (χ3n) is 19.2. The molecular weight excluding hydrogens is 1300 g/mol. The fourth-order valence-electron chi connectivity index (χ4n) is 13.2. The van der Waals surface area contributed by atoms with Gasteiger partial charge in [0.05, 0.1) is 57.3 Å². The molecule has 4 heterocycles. The number of carboxylic acid groups (broad SMARTS) is 1. The van der Waals surface area contributed by atoms with Gasteiger partial charge in [-0.1, -0.05) is 192 Å². The smallest absolute Gasteiger partial charge is 0.364 e. The summed E-state index contributed by atoms with van der Waals surface area (Å²) in [6.45, 7) is 0.742. The standard InChI is InChI=1S/C71H128N2O26/c1-4-6-8-10-12-14-16-18-19-20-21-22-23-24-25-27-29-31-33-35-37-39-54(82)73-47(48(79)38-36-34-32-30-28-26-17-15-13-11-9-7-5-2)45-92-67-61(88)59(86)63(52(43-76)94-67)96-69-62(89)66(64(53(44-77)95-69)97-68-60(87)58(85)57(84)51(42-75)93-68)99-71(70(90)91)40-49(80)55(72-46(3)78)65(98-71)56(83)50(81)41-74/h18-19,36,38,47-53,55-69,74-77,79-81,83-89H,4-17,20-35,37,39-45H2,1-3H3,(H,72,78)(H,73,82)(H,90,91)/b19-18-,38-36+/t47-,48+,49?,50+,51?,52?,53?,55+,56+,57-,58-,59+,60?,61?,62?,63+,64-,65?,66+,67+,68-,69-,71-/m0/s1. The summed E-state index contributed by atoms with van der Waals surface area (Å²) in [6.07, 6.45) is 2.64. The zero-order valence-electron chi connectivity index (χ0n) is 59.1. The van der Waals surface area contributed by atoms with Crippen molar-refractivity contribution in [3.8, 4) is 0 Å². The van der Waals surface area contributed by atoms with Crippen LogP contribution in [0.15, 0.2) is 24.3 Å². The quantitative estimate of drug-likeness (QED) is 0.0307. The number of carbonyl (C=O) groups is 3. The highest BCUT2D eigenvalue weighted by atomic mass is 16.8. The highest BCUT2D eigenvalue weighted by molar-refractivity contribution is 5.77. The second-order valence-electron chi connectivity index (χ2n) is 27.5. The van der Waals surface area contributed by atoms with E-state index in [2.05, 4.69) is 36.6 Å².